The lowest BCUT2D eigenvalue weighted by Crippen LogP contribution is -2.23. The molecule has 0 aliphatic carbocycles. The fourth-order valence-corrected chi connectivity index (χ4v) is 2.18. The Morgan fingerprint density at radius 1 is 1.31 bits per heavy atom. The lowest BCUT2D eigenvalue weighted by atomic mass is 9.97. The van der Waals surface area contributed by atoms with Gasteiger partial charge in [0, 0.05) is 26.1 Å². The molecular formula is C13H18N2O. The van der Waals surface area contributed by atoms with Crippen molar-refractivity contribution in [2.75, 3.05) is 13.6 Å². The molecule has 1 atom stereocenters. The minimum Gasteiger partial charge on any atom is -0.345 e. The van der Waals surface area contributed by atoms with Gasteiger partial charge >= 0.3 is 0 Å². The Labute approximate surface area is 96.2 Å². The average molecular weight is 218 g/mol. The van der Waals surface area contributed by atoms with Crippen molar-refractivity contribution in [2.24, 2.45) is 11.7 Å². The maximum atomic E-state index is 11.7. The number of nitrogens with two attached hydrogens (primary N) is 1. The SMILES string of the molecule is CN1CCC(Cc2ccc(CN)cc2)C1=O. The highest BCUT2D eigenvalue weighted by molar-refractivity contribution is 5.80. The molecule has 3 heteroatoms. The van der Waals surface area contributed by atoms with Crippen molar-refractivity contribution < 1.29 is 4.79 Å². The van der Waals surface area contributed by atoms with Crippen molar-refractivity contribution in [3.05, 3.63) is 35.4 Å². The number of carbonyl (C=O) groups excluding carboxylic acids is 1. The van der Waals surface area contributed by atoms with Crippen LogP contribution in [0.4, 0.5) is 0 Å². The zero-order chi connectivity index (χ0) is 11.5. The Bertz CT molecular complexity index is 372. The topological polar surface area (TPSA) is 46.3 Å². The van der Waals surface area contributed by atoms with Gasteiger partial charge < -0.3 is 10.6 Å². The van der Waals surface area contributed by atoms with Crippen LogP contribution in [0.3, 0.4) is 0 Å². The Hall–Kier alpha value is -1.35. The first-order chi connectivity index (χ1) is 7.70. The fourth-order valence-electron chi connectivity index (χ4n) is 2.18. The highest BCUT2D eigenvalue weighted by Gasteiger charge is 2.28. The van der Waals surface area contributed by atoms with Gasteiger partial charge in [0.25, 0.3) is 0 Å². The average Bonchev–Trinajstić information content (AvgIpc) is 2.62. The van der Waals surface area contributed by atoms with Gasteiger partial charge in [0.05, 0.1) is 0 Å². The van der Waals surface area contributed by atoms with Gasteiger partial charge in [-0.15, -0.1) is 0 Å². The minimum absolute atomic E-state index is 0.175. The van der Waals surface area contributed by atoms with Crippen LogP contribution in [0.25, 0.3) is 0 Å². The summed E-state index contributed by atoms with van der Waals surface area (Å²) in [6, 6.07) is 8.23. The van der Waals surface area contributed by atoms with Crippen LogP contribution in [-0.2, 0) is 17.8 Å². The van der Waals surface area contributed by atoms with Crippen LogP contribution in [-0.4, -0.2) is 24.4 Å². The third-order valence-corrected chi connectivity index (χ3v) is 3.28. The summed E-state index contributed by atoms with van der Waals surface area (Å²) in [5.74, 6) is 0.455. The van der Waals surface area contributed by atoms with E-state index in [0.29, 0.717) is 6.54 Å². The van der Waals surface area contributed by atoms with E-state index in [-0.39, 0.29) is 11.8 Å². The molecule has 1 aromatic rings. The zero-order valence-electron chi connectivity index (χ0n) is 9.65. The van der Waals surface area contributed by atoms with Gasteiger partial charge in [-0.3, -0.25) is 4.79 Å². The predicted molar refractivity (Wildman–Crippen MR) is 63.8 cm³/mol. The molecule has 0 spiro atoms. The fraction of sp³-hybridized carbons (Fsp3) is 0.462. The van der Waals surface area contributed by atoms with Gasteiger partial charge in [-0.2, -0.15) is 0 Å². The summed E-state index contributed by atoms with van der Waals surface area (Å²) in [7, 11) is 1.87. The number of likely N-dealkylation sites (tertiary alicyclic amines) is 1. The minimum atomic E-state index is 0.175. The van der Waals surface area contributed by atoms with Crippen molar-refractivity contribution >= 4 is 5.91 Å². The van der Waals surface area contributed by atoms with E-state index in [1.54, 1.807) is 0 Å². The largest absolute Gasteiger partial charge is 0.345 e. The van der Waals surface area contributed by atoms with Crippen molar-refractivity contribution in [3.8, 4) is 0 Å². The van der Waals surface area contributed by atoms with Crippen LogP contribution >= 0.6 is 0 Å². The number of benzene rings is 1. The second kappa shape index (κ2) is 4.66. The first kappa shape index (κ1) is 11.1. The van der Waals surface area contributed by atoms with Gasteiger partial charge in [-0.1, -0.05) is 24.3 Å². The van der Waals surface area contributed by atoms with Gasteiger partial charge in [0.2, 0.25) is 5.91 Å². The molecule has 0 aromatic heterocycles. The Morgan fingerprint density at radius 3 is 2.44 bits per heavy atom. The first-order valence-corrected chi connectivity index (χ1v) is 5.73. The summed E-state index contributed by atoms with van der Waals surface area (Å²) in [6.45, 7) is 1.47. The highest BCUT2D eigenvalue weighted by atomic mass is 16.2. The summed E-state index contributed by atoms with van der Waals surface area (Å²) >= 11 is 0. The van der Waals surface area contributed by atoms with Crippen molar-refractivity contribution in [2.45, 2.75) is 19.4 Å². The number of amides is 1. The summed E-state index contributed by atoms with van der Waals surface area (Å²) < 4.78 is 0. The predicted octanol–water partition coefficient (Wildman–Crippen LogP) is 1.17. The van der Waals surface area contributed by atoms with Gasteiger partial charge in [-0.05, 0) is 24.0 Å². The lowest BCUT2D eigenvalue weighted by molar-refractivity contribution is -0.129. The molecule has 0 saturated carbocycles. The quantitative estimate of drug-likeness (QED) is 0.827. The number of hydrogen-bond acceptors (Lipinski definition) is 2. The molecule has 1 aliphatic rings. The lowest BCUT2D eigenvalue weighted by Gasteiger charge is -2.10. The van der Waals surface area contributed by atoms with E-state index >= 15 is 0 Å². The zero-order valence-corrected chi connectivity index (χ0v) is 9.65. The third-order valence-electron chi connectivity index (χ3n) is 3.28. The monoisotopic (exact) mass is 218 g/mol. The molecule has 3 nitrogen and oxygen atoms in total. The van der Waals surface area contributed by atoms with Gasteiger partial charge in [0.1, 0.15) is 0 Å². The maximum absolute atomic E-state index is 11.7. The summed E-state index contributed by atoms with van der Waals surface area (Å²) in [5.41, 5.74) is 7.91. The van der Waals surface area contributed by atoms with Crippen molar-refractivity contribution in [3.63, 3.8) is 0 Å². The molecule has 0 radical (unpaired) electrons. The molecule has 1 amide bonds. The second-order valence-corrected chi connectivity index (χ2v) is 4.47. The number of hydrogen-bond donors (Lipinski definition) is 1. The molecule has 1 fully saturated rings. The summed E-state index contributed by atoms with van der Waals surface area (Å²) in [5, 5.41) is 0. The van der Waals surface area contributed by atoms with E-state index < -0.39 is 0 Å². The number of rotatable bonds is 3. The molecule has 2 N–H and O–H groups in total. The third kappa shape index (κ3) is 2.25. The number of nitrogens with zero attached hydrogens (tertiary/aromatic N) is 1. The van der Waals surface area contributed by atoms with Crippen LogP contribution in [0.1, 0.15) is 17.5 Å². The molecule has 86 valence electrons. The second-order valence-electron chi connectivity index (χ2n) is 4.47. The molecule has 0 bridgehead atoms. The normalized spacial score (nSPS) is 20.5. The summed E-state index contributed by atoms with van der Waals surface area (Å²) in [4.78, 5) is 13.6. The summed E-state index contributed by atoms with van der Waals surface area (Å²) in [6.07, 6.45) is 1.84. The van der Waals surface area contributed by atoms with E-state index in [0.717, 1.165) is 24.9 Å². The Kier molecular flexibility index (Phi) is 3.25. The molecular weight excluding hydrogens is 200 g/mol. The van der Waals surface area contributed by atoms with E-state index in [4.69, 9.17) is 5.73 Å². The highest BCUT2D eigenvalue weighted by Crippen LogP contribution is 2.21. The van der Waals surface area contributed by atoms with E-state index in [9.17, 15) is 4.79 Å². The van der Waals surface area contributed by atoms with Crippen LogP contribution in [0, 0.1) is 5.92 Å². The van der Waals surface area contributed by atoms with Gasteiger partial charge in [0.15, 0.2) is 0 Å². The molecule has 16 heavy (non-hydrogen) atoms. The van der Waals surface area contributed by atoms with E-state index in [2.05, 4.69) is 12.1 Å². The van der Waals surface area contributed by atoms with E-state index in [1.807, 2.05) is 24.1 Å². The molecule has 2 rings (SSSR count). The standard InChI is InChI=1S/C13H18N2O/c1-15-7-6-12(13(15)16)8-10-2-4-11(9-14)5-3-10/h2-5,12H,6-9,14H2,1H3. The molecule has 1 heterocycles. The smallest absolute Gasteiger partial charge is 0.225 e. The van der Waals surface area contributed by atoms with Crippen molar-refractivity contribution in [1.82, 2.24) is 4.90 Å². The Balaban J connectivity index is 2.01. The van der Waals surface area contributed by atoms with Crippen LogP contribution in [0.5, 0.6) is 0 Å². The van der Waals surface area contributed by atoms with Crippen LogP contribution < -0.4 is 5.73 Å². The molecule has 1 aromatic carbocycles. The first-order valence-electron chi connectivity index (χ1n) is 5.73. The van der Waals surface area contributed by atoms with E-state index in [1.165, 1.54) is 5.56 Å². The van der Waals surface area contributed by atoms with Crippen LogP contribution in [0.15, 0.2) is 24.3 Å². The molecule has 1 saturated heterocycles. The molecule has 1 aliphatic heterocycles. The number of carbonyl (C=O) groups is 1. The van der Waals surface area contributed by atoms with Gasteiger partial charge in [-0.25, -0.2) is 0 Å². The maximum Gasteiger partial charge on any atom is 0.225 e. The van der Waals surface area contributed by atoms with Crippen LogP contribution in [0.2, 0.25) is 0 Å². The molecule has 1 unspecified atom stereocenters. The Morgan fingerprint density at radius 2 is 1.94 bits per heavy atom. The van der Waals surface area contributed by atoms with Crippen molar-refractivity contribution in [1.29, 1.82) is 0 Å².